The molecule has 0 aliphatic rings. The smallest absolute Gasteiger partial charge is 0.254 e. The highest BCUT2D eigenvalue weighted by atomic mass is 16.5. The van der Waals surface area contributed by atoms with E-state index in [-0.39, 0.29) is 5.91 Å². The molecule has 0 heterocycles. The predicted octanol–water partition coefficient (Wildman–Crippen LogP) is 3.66. The van der Waals surface area contributed by atoms with E-state index in [2.05, 4.69) is 6.58 Å². The van der Waals surface area contributed by atoms with E-state index in [9.17, 15) is 4.79 Å². The van der Waals surface area contributed by atoms with Crippen molar-refractivity contribution in [2.45, 2.75) is 13.2 Å². The van der Waals surface area contributed by atoms with Crippen molar-refractivity contribution in [2.24, 2.45) is 0 Å². The number of hydrogen-bond acceptors (Lipinski definition) is 2. The number of methoxy groups -OCH3 is 1. The Morgan fingerprint density at radius 2 is 1.86 bits per heavy atom. The van der Waals surface area contributed by atoms with Crippen LogP contribution in [-0.2, 0) is 17.9 Å². The first-order valence-corrected chi connectivity index (χ1v) is 7.26. The van der Waals surface area contributed by atoms with E-state index in [1.54, 1.807) is 18.1 Å². The van der Waals surface area contributed by atoms with E-state index in [1.807, 2.05) is 54.6 Å². The number of ether oxygens (including phenoxy) is 1. The van der Waals surface area contributed by atoms with Crippen molar-refractivity contribution in [1.29, 1.82) is 0 Å². The Hall–Kier alpha value is -2.39. The van der Waals surface area contributed by atoms with Gasteiger partial charge in [-0.3, -0.25) is 4.79 Å². The molecule has 1 amide bonds. The fourth-order valence-corrected chi connectivity index (χ4v) is 2.32. The predicted molar refractivity (Wildman–Crippen MR) is 88.5 cm³/mol. The molecule has 3 heteroatoms. The van der Waals surface area contributed by atoms with Crippen molar-refractivity contribution in [3.63, 3.8) is 0 Å². The monoisotopic (exact) mass is 295 g/mol. The molecular weight excluding hydrogens is 274 g/mol. The molecule has 0 saturated heterocycles. The summed E-state index contributed by atoms with van der Waals surface area (Å²) in [5, 5.41) is 0. The quantitative estimate of drug-likeness (QED) is 0.730. The second-order valence-corrected chi connectivity index (χ2v) is 5.09. The van der Waals surface area contributed by atoms with Crippen LogP contribution in [0.5, 0.6) is 0 Å². The summed E-state index contributed by atoms with van der Waals surface area (Å²) in [5.41, 5.74) is 2.77. The summed E-state index contributed by atoms with van der Waals surface area (Å²) in [6.45, 7) is 5.34. The van der Waals surface area contributed by atoms with Gasteiger partial charge in [0, 0.05) is 25.8 Å². The average molecular weight is 295 g/mol. The van der Waals surface area contributed by atoms with Crippen LogP contribution >= 0.6 is 0 Å². The van der Waals surface area contributed by atoms with Crippen LogP contribution in [0.2, 0.25) is 0 Å². The first-order valence-electron chi connectivity index (χ1n) is 7.26. The third kappa shape index (κ3) is 4.30. The Kier molecular flexibility index (Phi) is 5.92. The van der Waals surface area contributed by atoms with Crippen molar-refractivity contribution in [3.8, 4) is 0 Å². The maximum absolute atomic E-state index is 12.7. The molecule has 2 rings (SSSR count). The second kappa shape index (κ2) is 8.15. The van der Waals surface area contributed by atoms with Gasteiger partial charge in [-0.1, -0.05) is 48.5 Å². The molecule has 2 aromatic carbocycles. The van der Waals surface area contributed by atoms with Crippen LogP contribution in [-0.4, -0.2) is 24.5 Å². The normalized spacial score (nSPS) is 10.2. The third-order valence-corrected chi connectivity index (χ3v) is 3.34. The lowest BCUT2D eigenvalue weighted by Gasteiger charge is -2.21. The van der Waals surface area contributed by atoms with Crippen LogP contribution in [0.4, 0.5) is 0 Å². The van der Waals surface area contributed by atoms with Gasteiger partial charge < -0.3 is 9.64 Å². The van der Waals surface area contributed by atoms with Crippen molar-refractivity contribution < 1.29 is 9.53 Å². The molecule has 2 aromatic rings. The fourth-order valence-electron chi connectivity index (χ4n) is 2.32. The van der Waals surface area contributed by atoms with Crippen LogP contribution in [0.25, 0.3) is 0 Å². The Bertz CT molecular complexity index is 622. The van der Waals surface area contributed by atoms with Crippen LogP contribution < -0.4 is 0 Å². The molecule has 0 bridgehead atoms. The van der Waals surface area contributed by atoms with E-state index in [1.165, 1.54) is 0 Å². The summed E-state index contributed by atoms with van der Waals surface area (Å²) >= 11 is 0. The average Bonchev–Trinajstić information content (AvgIpc) is 2.55. The van der Waals surface area contributed by atoms with Gasteiger partial charge in [0.2, 0.25) is 0 Å². The zero-order chi connectivity index (χ0) is 15.8. The van der Waals surface area contributed by atoms with Crippen LogP contribution in [0.15, 0.2) is 67.3 Å². The summed E-state index contributed by atoms with van der Waals surface area (Å²) in [6.07, 6.45) is 1.75. The summed E-state index contributed by atoms with van der Waals surface area (Å²) in [7, 11) is 1.65. The van der Waals surface area contributed by atoms with E-state index in [0.29, 0.717) is 25.3 Å². The van der Waals surface area contributed by atoms with E-state index < -0.39 is 0 Å². The molecule has 0 fully saturated rings. The number of rotatable bonds is 7. The number of hydrogen-bond donors (Lipinski definition) is 0. The molecule has 0 radical (unpaired) electrons. The van der Waals surface area contributed by atoms with E-state index in [4.69, 9.17) is 4.74 Å². The third-order valence-electron chi connectivity index (χ3n) is 3.34. The first kappa shape index (κ1) is 16.0. The Labute approximate surface area is 131 Å². The summed E-state index contributed by atoms with van der Waals surface area (Å²) in [4.78, 5) is 14.5. The summed E-state index contributed by atoms with van der Waals surface area (Å²) in [6, 6.07) is 17.5. The highest BCUT2D eigenvalue weighted by Gasteiger charge is 2.15. The van der Waals surface area contributed by atoms with Gasteiger partial charge in [0.05, 0.1) is 6.61 Å². The lowest BCUT2D eigenvalue weighted by Crippen LogP contribution is -2.30. The number of carbonyl (C=O) groups is 1. The van der Waals surface area contributed by atoms with Gasteiger partial charge in [-0.2, -0.15) is 0 Å². The Morgan fingerprint density at radius 3 is 2.55 bits per heavy atom. The van der Waals surface area contributed by atoms with Crippen molar-refractivity contribution >= 4 is 5.91 Å². The van der Waals surface area contributed by atoms with Gasteiger partial charge in [-0.15, -0.1) is 6.58 Å². The maximum Gasteiger partial charge on any atom is 0.254 e. The Balaban J connectivity index is 2.18. The largest absolute Gasteiger partial charge is 0.380 e. The molecule has 3 nitrogen and oxygen atoms in total. The molecular formula is C19H21NO2. The second-order valence-electron chi connectivity index (χ2n) is 5.09. The molecule has 0 unspecified atom stereocenters. The minimum atomic E-state index is 0.00158. The van der Waals surface area contributed by atoms with Gasteiger partial charge >= 0.3 is 0 Å². The zero-order valence-corrected chi connectivity index (χ0v) is 12.9. The molecule has 0 spiro atoms. The van der Waals surface area contributed by atoms with Gasteiger partial charge in [-0.05, 0) is 23.3 Å². The number of carbonyl (C=O) groups excluding carboxylic acids is 1. The lowest BCUT2D eigenvalue weighted by molar-refractivity contribution is 0.0762. The van der Waals surface area contributed by atoms with E-state index in [0.717, 1.165) is 11.1 Å². The first-order chi connectivity index (χ1) is 10.7. The molecule has 0 aliphatic carbocycles. The molecule has 22 heavy (non-hydrogen) atoms. The molecule has 114 valence electrons. The number of benzene rings is 2. The minimum absolute atomic E-state index is 0.00158. The van der Waals surface area contributed by atoms with Crippen LogP contribution in [0.3, 0.4) is 0 Å². The SMILES string of the molecule is C=CCN(Cc1ccccc1)C(=O)c1cccc(COC)c1. The van der Waals surface area contributed by atoms with Gasteiger partial charge in [0.1, 0.15) is 0 Å². The lowest BCUT2D eigenvalue weighted by atomic mass is 10.1. The highest BCUT2D eigenvalue weighted by Crippen LogP contribution is 2.12. The van der Waals surface area contributed by atoms with Crippen molar-refractivity contribution in [1.82, 2.24) is 4.90 Å². The van der Waals surface area contributed by atoms with E-state index >= 15 is 0 Å². The zero-order valence-electron chi connectivity index (χ0n) is 12.9. The molecule has 0 aromatic heterocycles. The van der Waals surface area contributed by atoms with Crippen molar-refractivity contribution in [2.75, 3.05) is 13.7 Å². The van der Waals surface area contributed by atoms with Gasteiger partial charge in [0.15, 0.2) is 0 Å². The maximum atomic E-state index is 12.7. The Morgan fingerprint density at radius 1 is 1.14 bits per heavy atom. The van der Waals surface area contributed by atoms with Crippen LogP contribution in [0, 0.1) is 0 Å². The van der Waals surface area contributed by atoms with Gasteiger partial charge in [-0.25, -0.2) is 0 Å². The van der Waals surface area contributed by atoms with Gasteiger partial charge in [0.25, 0.3) is 5.91 Å². The summed E-state index contributed by atoms with van der Waals surface area (Å²) in [5.74, 6) is 0.00158. The highest BCUT2D eigenvalue weighted by molar-refractivity contribution is 5.94. The fraction of sp³-hybridized carbons (Fsp3) is 0.211. The molecule has 0 saturated carbocycles. The minimum Gasteiger partial charge on any atom is -0.380 e. The molecule has 0 aliphatic heterocycles. The summed E-state index contributed by atoms with van der Waals surface area (Å²) < 4.78 is 5.13. The molecule has 0 atom stereocenters. The number of amides is 1. The van der Waals surface area contributed by atoms with Crippen molar-refractivity contribution in [3.05, 3.63) is 83.9 Å². The topological polar surface area (TPSA) is 29.5 Å². The standard InChI is InChI=1S/C19H21NO2/c1-3-12-20(14-16-8-5-4-6-9-16)19(21)18-11-7-10-17(13-18)15-22-2/h3-11,13H,1,12,14-15H2,2H3. The molecule has 0 N–H and O–H groups in total. The number of nitrogens with zero attached hydrogens (tertiary/aromatic N) is 1. The van der Waals surface area contributed by atoms with Crippen LogP contribution in [0.1, 0.15) is 21.5 Å².